The molecule has 108 valence electrons. The SMILES string of the molecule is CCOC(=O)C1CCCN1c1ccc(C(=O)OC)nn1. The molecule has 1 aromatic rings. The summed E-state index contributed by atoms with van der Waals surface area (Å²) in [7, 11) is 1.29. The van der Waals surface area contributed by atoms with Crippen molar-refractivity contribution in [3.8, 4) is 0 Å². The lowest BCUT2D eigenvalue weighted by Gasteiger charge is -2.23. The Morgan fingerprint density at radius 1 is 1.40 bits per heavy atom. The molecule has 0 N–H and O–H groups in total. The first kappa shape index (κ1) is 14.2. The Labute approximate surface area is 116 Å². The normalized spacial score (nSPS) is 17.9. The molecule has 7 heteroatoms. The maximum Gasteiger partial charge on any atom is 0.358 e. The Hall–Kier alpha value is -2.18. The maximum atomic E-state index is 11.9. The smallest absolute Gasteiger partial charge is 0.358 e. The Morgan fingerprint density at radius 3 is 2.80 bits per heavy atom. The molecule has 2 heterocycles. The highest BCUT2D eigenvalue weighted by Gasteiger charge is 2.33. The van der Waals surface area contributed by atoms with E-state index in [0.29, 0.717) is 12.4 Å². The van der Waals surface area contributed by atoms with Crippen LogP contribution in [0.2, 0.25) is 0 Å². The van der Waals surface area contributed by atoms with Crippen molar-refractivity contribution in [3.05, 3.63) is 17.8 Å². The molecule has 1 aliphatic rings. The number of carbonyl (C=O) groups excluding carboxylic acids is 2. The number of carbonyl (C=O) groups is 2. The lowest BCUT2D eigenvalue weighted by Crippen LogP contribution is -2.38. The standard InChI is InChI=1S/C13H17N3O4/c1-3-20-13(18)10-5-4-8-16(10)11-7-6-9(14-15-11)12(17)19-2/h6-7,10H,3-5,8H2,1-2H3. The summed E-state index contributed by atoms with van der Waals surface area (Å²) in [4.78, 5) is 25.0. The zero-order chi connectivity index (χ0) is 14.5. The summed E-state index contributed by atoms with van der Waals surface area (Å²) in [5.41, 5.74) is 0.142. The fraction of sp³-hybridized carbons (Fsp3) is 0.538. The second kappa shape index (κ2) is 6.31. The summed E-state index contributed by atoms with van der Waals surface area (Å²) >= 11 is 0. The van der Waals surface area contributed by atoms with Crippen molar-refractivity contribution in [1.29, 1.82) is 0 Å². The Morgan fingerprint density at radius 2 is 2.20 bits per heavy atom. The van der Waals surface area contributed by atoms with Crippen molar-refractivity contribution in [2.45, 2.75) is 25.8 Å². The topological polar surface area (TPSA) is 81.6 Å². The first-order valence-corrected chi connectivity index (χ1v) is 6.52. The van der Waals surface area contributed by atoms with Gasteiger partial charge in [-0.05, 0) is 31.9 Å². The molecule has 20 heavy (non-hydrogen) atoms. The molecule has 1 fully saturated rings. The van der Waals surface area contributed by atoms with E-state index in [-0.39, 0.29) is 17.7 Å². The van der Waals surface area contributed by atoms with Gasteiger partial charge in [-0.25, -0.2) is 9.59 Å². The van der Waals surface area contributed by atoms with Gasteiger partial charge in [-0.1, -0.05) is 0 Å². The van der Waals surface area contributed by atoms with E-state index in [1.807, 2.05) is 4.90 Å². The minimum atomic E-state index is -0.535. The van der Waals surface area contributed by atoms with Gasteiger partial charge >= 0.3 is 11.9 Å². The van der Waals surface area contributed by atoms with Crippen molar-refractivity contribution >= 4 is 17.8 Å². The van der Waals surface area contributed by atoms with Crippen LogP contribution in [0, 0.1) is 0 Å². The van der Waals surface area contributed by atoms with Crippen molar-refractivity contribution < 1.29 is 19.1 Å². The zero-order valence-electron chi connectivity index (χ0n) is 11.5. The van der Waals surface area contributed by atoms with Crippen LogP contribution in [0.3, 0.4) is 0 Å². The van der Waals surface area contributed by atoms with Gasteiger partial charge < -0.3 is 14.4 Å². The van der Waals surface area contributed by atoms with Gasteiger partial charge in [-0.3, -0.25) is 0 Å². The lowest BCUT2D eigenvalue weighted by atomic mass is 10.2. The van der Waals surface area contributed by atoms with Gasteiger partial charge in [0.2, 0.25) is 0 Å². The Balaban J connectivity index is 2.14. The number of esters is 2. The van der Waals surface area contributed by atoms with Gasteiger partial charge in [-0.15, -0.1) is 10.2 Å². The van der Waals surface area contributed by atoms with E-state index in [0.717, 1.165) is 19.4 Å². The monoisotopic (exact) mass is 279 g/mol. The molecule has 7 nitrogen and oxygen atoms in total. The highest BCUT2D eigenvalue weighted by Crippen LogP contribution is 2.24. The van der Waals surface area contributed by atoms with Crippen LogP contribution in [0.1, 0.15) is 30.3 Å². The third-order valence-corrected chi connectivity index (χ3v) is 3.15. The van der Waals surface area contributed by atoms with Crippen LogP contribution in [0.4, 0.5) is 5.82 Å². The van der Waals surface area contributed by atoms with E-state index in [4.69, 9.17) is 4.74 Å². The number of ether oxygens (including phenoxy) is 2. The van der Waals surface area contributed by atoms with Gasteiger partial charge in [0.05, 0.1) is 13.7 Å². The second-order valence-corrected chi connectivity index (χ2v) is 4.37. The van der Waals surface area contributed by atoms with Crippen LogP contribution >= 0.6 is 0 Å². The number of methoxy groups -OCH3 is 1. The van der Waals surface area contributed by atoms with Crippen LogP contribution in [-0.4, -0.2) is 48.4 Å². The van der Waals surface area contributed by atoms with Crippen LogP contribution in [-0.2, 0) is 14.3 Å². The van der Waals surface area contributed by atoms with Crippen molar-refractivity contribution in [1.82, 2.24) is 10.2 Å². The molecule has 0 saturated carbocycles. The molecule has 0 amide bonds. The van der Waals surface area contributed by atoms with Crippen molar-refractivity contribution in [2.75, 3.05) is 25.2 Å². The third kappa shape index (κ3) is 2.87. The summed E-state index contributed by atoms with van der Waals surface area (Å²) < 4.78 is 9.62. The maximum absolute atomic E-state index is 11.9. The molecular weight excluding hydrogens is 262 g/mol. The van der Waals surface area contributed by atoms with Gasteiger partial charge in [0.25, 0.3) is 0 Å². The summed E-state index contributed by atoms with van der Waals surface area (Å²) in [6, 6.07) is 2.87. The van der Waals surface area contributed by atoms with Gasteiger partial charge in [0.15, 0.2) is 11.5 Å². The van der Waals surface area contributed by atoms with E-state index in [9.17, 15) is 9.59 Å². The summed E-state index contributed by atoms with van der Waals surface area (Å²) in [6.45, 7) is 2.86. The molecule has 1 unspecified atom stereocenters. The summed E-state index contributed by atoms with van der Waals surface area (Å²) in [5.74, 6) is -0.218. The van der Waals surface area contributed by atoms with E-state index >= 15 is 0 Å². The predicted molar refractivity (Wildman–Crippen MR) is 70.4 cm³/mol. The third-order valence-electron chi connectivity index (χ3n) is 3.15. The zero-order valence-corrected chi connectivity index (χ0v) is 11.5. The van der Waals surface area contributed by atoms with Crippen LogP contribution in [0.5, 0.6) is 0 Å². The van der Waals surface area contributed by atoms with Crippen LogP contribution < -0.4 is 4.90 Å². The Bertz CT molecular complexity index is 489. The van der Waals surface area contributed by atoms with E-state index in [1.54, 1.807) is 13.0 Å². The average Bonchev–Trinajstić information content (AvgIpc) is 2.96. The van der Waals surface area contributed by atoms with Crippen LogP contribution in [0.15, 0.2) is 12.1 Å². The highest BCUT2D eigenvalue weighted by atomic mass is 16.5. The number of rotatable bonds is 4. The first-order chi connectivity index (χ1) is 9.67. The minimum absolute atomic E-state index is 0.142. The van der Waals surface area contributed by atoms with Crippen molar-refractivity contribution in [2.24, 2.45) is 0 Å². The summed E-state index contributed by atoms with van der Waals surface area (Å²) in [6.07, 6.45) is 1.63. The second-order valence-electron chi connectivity index (χ2n) is 4.37. The highest BCUT2D eigenvalue weighted by molar-refractivity contribution is 5.87. The van der Waals surface area contributed by atoms with Gasteiger partial charge in [-0.2, -0.15) is 0 Å². The molecule has 2 rings (SSSR count). The molecule has 0 radical (unpaired) electrons. The molecule has 0 aromatic carbocycles. The number of aromatic nitrogens is 2. The van der Waals surface area contributed by atoms with Crippen LogP contribution in [0.25, 0.3) is 0 Å². The molecule has 1 aliphatic heterocycles. The molecule has 1 saturated heterocycles. The number of nitrogens with zero attached hydrogens (tertiary/aromatic N) is 3. The van der Waals surface area contributed by atoms with E-state index in [2.05, 4.69) is 14.9 Å². The number of anilines is 1. The lowest BCUT2D eigenvalue weighted by molar-refractivity contribution is -0.144. The fourth-order valence-corrected chi connectivity index (χ4v) is 2.22. The number of hydrogen-bond acceptors (Lipinski definition) is 7. The fourth-order valence-electron chi connectivity index (χ4n) is 2.22. The van der Waals surface area contributed by atoms with Crippen molar-refractivity contribution in [3.63, 3.8) is 0 Å². The molecule has 1 atom stereocenters. The quantitative estimate of drug-likeness (QED) is 0.754. The molecule has 0 spiro atoms. The van der Waals surface area contributed by atoms with E-state index < -0.39 is 5.97 Å². The van der Waals surface area contributed by atoms with E-state index in [1.165, 1.54) is 13.2 Å². The predicted octanol–water partition coefficient (Wildman–Crippen LogP) is 0.795. The Kier molecular flexibility index (Phi) is 4.49. The number of hydrogen-bond donors (Lipinski definition) is 0. The first-order valence-electron chi connectivity index (χ1n) is 6.52. The minimum Gasteiger partial charge on any atom is -0.464 e. The van der Waals surface area contributed by atoms with Gasteiger partial charge in [0, 0.05) is 6.54 Å². The molecular formula is C13H17N3O4. The largest absolute Gasteiger partial charge is 0.464 e. The molecule has 0 aliphatic carbocycles. The summed E-state index contributed by atoms with van der Waals surface area (Å²) in [5, 5.41) is 7.81. The molecule has 0 bridgehead atoms. The van der Waals surface area contributed by atoms with Gasteiger partial charge in [0.1, 0.15) is 6.04 Å². The molecule has 1 aromatic heterocycles. The average molecular weight is 279 g/mol.